The van der Waals surface area contributed by atoms with Gasteiger partial charge in [-0.25, -0.2) is 9.59 Å². The Morgan fingerprint density at radius 3 is 2.80 bits per heavy atom. The van der Waals surface area contributed by atoms with Crippen LogP contribution in [0.2, 0.25) is 0 Å². The molecule has 8 heteroatoms. The minimum absolute atomic E-state index is 0.201. The molecule has 8 nitrogen and oxygen atoms in total. The molecule has 0 saturated carbocycles. The average Bonchev–Trinajstić information content (AvgIpc) is 2.58. The highest BCUT2D eigenvalue weighted by Crippen LogP contribution is 2.39. The number of carbonyl (C=O) groups is 2. The predicted octanol–water partition coefficient (Wildman–Crippen LogP) is 1.79. The van der Waals surface area contributed by atoms with Crippen molar-refractivity contribution in [3.05, 3.63) is 35.0 Å². The van der Waals surface area contributed by atoms with Crippen LogP contribution in [-0.2, 0) is 9.53 Å². The summed E-state index contributed by atoms with van der Waals surface area (Å²) in [5, 5.41) is 14.1. The van der Waals surface area contributed by atoms with Gasteiger partial charge in [0.05, 0.1) is 25.3 Å². The summed E-state index contributed by atoms with van der Waals surface area (Å²) in [7, 11) is 1.46. The second-order valence-corrected chi connectivity index (χ2v) is 5.12. The molecule has 0 fully saturated rings. The van der Waals surface area contributed by atoms with E-state index in [2.05, 4.69) is 10.6 Å². The number of esters is 1. The normalized spacial score (nSPS) is 16.4. The third kappa shape index (κ3) is 3.83. The average molecular weight is 345 g/mol. The molecule has 1 atom stereocenters. The van der Waals surface area contributed by atoms with Crippen molar-refractivity contribution >= 4 is 12.0 Å². The zero-order chi connectivity index (χ0) is 18.4. The van der Waals surface area contributed by atoms with Crippen LogP contribution in [-0.4, -0.2) is 32.3 Å². The second kappa shape index (κ2) is 8.06. The Kier molecular flexibility index (Phi) is 5.84. The van der Waals surface area contributed by atoms with E-state index < -0.39 is 18.0 Å². The van der Waals surface area contributed by atoms with E-state index >= 15 is 0 Å². The molecular weight excluding hydrogens is 326 g/mol. The lowest BCUT2D eigenvalue weighted by Gasteiger charge is -2.29. The van der Waals surface area contributed by atoms with Crippen molar-refractivity contribution in [2.75, 3.05) is 20.3 Å². The Hall–Kier alpha value is -3.21. The molecule has 0 aliphatic carbocycles. The number of nitrogens with one attached hydrogen (secondary N) is 2. The molecule has 0 saturated heterocycles. The number of nitrogens with zero attached hydrogens (tertiary/aromatic N) is 1. The number of carbonyl (C=O) groups excluding carboxylic acids is 2. The Balaban J connectivity index is 2.57. The van der Waals surface area contributed by atoms with E-state index in [1.807, 2.05) is 6.07 Å². The lowest BCUT2D eigenvalue weighted by molar-refractivity contribution is -0.139. The lowest BCUT2D eigenvalue weighted by atomic mass is 9.94. The molecule has 1 aromatic carbocycles. The molecule has 0 radical (unpaired) electrons. The lowest BCUT2D eigenvalue weighted by Crippen LogP contribution is -2.45. The van der Waals surface area contributed by atoms with Crippen LogP contribution in [0.25, 0.3) is 0 Å². The summed E-state index contributed by atoms with van der Waals surface area (Å²) in [4.78, 5) is 24.3. The van der Waals surface area contributed by atoms with Crippen LogP contribution in [0, 0.1) is 11.3 Å². The first-order chi connectivity index (χ1) is 12.0. The van der Waals surface area contributed by atoms with Crippen LogP contribution in [0.15, 0.2) is 29.5 Å². The predicted molar refractivity (Wildman–Crippen MR) is 87.8 cm³/mol. The molecule has 1 heterocycles. The van der Waals surface area contributed by atoms with Gasteiger partial charge in [0.1, 0.15) is 6.07 Å². The maximum atomic E-state index is 12.4. The van der Waals surface area contributed by atoms with Crippen molar-refractivity contribution in [3.63, 3.8) is 0 Å². The molecule has 1 aromatic rings. The standard InChI is InChI=1S/C17H19N3O5/c1-4-24-16(21)13-10(2)19-17(22)20-14(13)11-6-5-7-12(23-3)15(11)25-9-8-18/h5-7,14H,4,9H2,1-3H3,(H2,19,20,22)/t14-/m0/s1. The fourth-order valence-electron chi connectivity index (χ4n) is 2.59. The van der Waals surface area contributed by atoms with Gasteiger partial charge in [0.2, 0.25) is 0 Å². The fourth-order valence-corrected chi connectivity index (χ4v) is 2.59. The van der Waals surface area contributed by atoms with E-state index in [1.165, 1.54) is 7.11 Å². The van der Waals surface area contributed by atoms with Crippen molar-refractivity contribution in [1.82, 2.24) is 10.6 Å². The van der Waals surface area contributed by atoms with Gasteiger partial charge in [0, 0.05) is 11.3 Å². The quantitative estimate of drug-likeness (QED) is 0.761. The summed E-state index contributed by atoms with van der Waals surface area (Å²) in [6.07, 6.45) is 0. The molecule has 2 amide bonds. The highest BCUT2D eigenvalue weighted by atomic mass is 16.5. The van der Waals surface area contributed by atoms with Crippen molar-refractivity contribution in [2.45, 2.75) is 19.9 Å². The Labute approximate surface area is 145 Å². The first kappa shape index (κ1) is 18.1. The Bertz CT molecular complexity index is 751. The monoisotopic (exact) mass is 345 g/mol. The number of para-hydroxylation sites is 1. The molecule has 25 heavy (non-hydrogen) atoms. The highest BCUT2D eigenvalue weighted by Gasteiger charge is 2.34. The van der Waals surface area contributed by atoms with Gasteiger partial charge in [-0.3, -0.25) is 0 Å². The number of hydrogen-bond acceptors (Lipinski definition) is 6. The van der Waals surface area contributed by atoms with Crippen LogP contribution < -0.4 is 20.1 Å². The van der Waals surface area contributed by atoms with Gasteiger partial charge in [-0.05, 0) is 19.9 Å². The van der Waals surface area contributed by atoms with Crippen molar-refractivity contribution < 1.29 is 23.8 Å². The summed E-state index contributed by atoms with van der Waals surface area (Å²) < 4.78 is 15.9. The molecule has 1 aliphatic rings. The summed E-state index contributed by atoms with van der Waals surface area (Å²) in [6, 6.07) is 5.71. The molecule has 132 valence electrons. The third-order valence-electron chi connectivity index (χ3n) is 3.59. The number of benzene rings is 1. The van der Waals surface area contributed by atoms with Crippen LogP contribution in [0.1, 0.15) is 25.5 Å². The van der Waals surface area contributed by atoms with Crippen molar-refractivity contribution in [3.8, 4) is 17.6 Å². The summed E-state index contributed by atoms with van der Waals surface area (Å²) in [6.45, 7) is 3.31. The maximum absolute atomic E-state index is 12.4. The van der Waals surface area contributed by atoms with E-state index in [1.54, 1.807) is 32.0 Å². The molecule has 0 aromatic heterocycles. The first-order valence-corrected chi connectivity index (χ1v) is 7.65. The molecule has 1 aliphatic heterocycles. The van der Waals surface area contributed by atoms with Gasteiger partial charge in [0.15, 0.2) is 18.1 Å². The Morgan fingerprint density at radius 2 is 2.16 bits per heavy atom. The van der Waals surface area contributed by atoms with E-state index in [9.17, 15) is 9.59 Å². The largest absolute Gasteiger partial charge is 0.493 e. The van der Waals surface area contributed by atoms with Crippen LogP contribution in [0.4, 0.5) is 4.79 Å². The molecule has 0 spiro atoms. The van der Waals surface area contributed by atoms with Crippen LogP contribution >= 0.6 is 0 Å². The van der Waals surface area contributed by atoms with E-state index in [-0.39, 0.29) is 24.5 Å². The highest BCUT2D eigenvalue weighted by molar-refractivity contribution is 5.95. The SMILES string of the molecule is CCOC(=O)C1=C(C)NC(=O)N[C@H]1c1cccc(OC)c1OCC#N. The number of urea groups is 1. The molecule has 2 rings (SSSR count). The summed E-state index contributed by atoms with van der Waals surface area (Å²) in [5.74, 6) is 0.126. The van der Waals surface area contributed by atoms with Crippen LogP contribution in [0.5, 0.6) is 11.5 Å². The smallest absolute Gasteiger partial charge is 0.338 e. The molecule has 2 N–H and O–H groups in total. The molecule has 0 bridgehead atoms. The number of amides is 2. The number of rotatable bonds is 6. The number of ether oxygens (including phenoxy) is 3. The van der Waals surface area contributed by atoms with Gasteiger partial charge in [-0.1, -0.05) is 12.1 Å². The van der Waals surface area contributed by atoms with E-state index in [0.29, 0.717) is 17.0 Å². The number of allylic oxidation sites excluding steroid dienone is 1. The van der Waals surface area contributed by atoms with E-state index in [0.717, 1.165) is 0 Å². The van der Waals surface area contributed by atoms with Gasteiger partial charge in [0.25, 0.3) is 0 Å². The zero-order valence-corrected chi connectivity index (χ0v) is 14.2. The minimum Gasteiger partial charge on any atom is -0.493 e. The maximum Gasteiger partial charge on any atom is 0.338 e. The van der Waals surface area contributed by atoms with Crippen LogP contribution in [0.3, 0.4) is 0 Å². The number of hydrogen-bond donors (Lipinski definition) is 2. The van der Waals surface area contributed by atoms with Gasteiger partial charge in [-0.15, -0.1) is 0 Å². The third-order valence-corrected chi connectivity index (χ3v) is 3.59. The first-order valence-electron chi connectivity index (χ1n) is 7.65. The molecule has 0 unspecified atom stereocenters. The summed E-state index contributed by atoms with van der Waals surface area (Å²) in [5.41, 5.74) is 1.14. The fraction of sp³-hybridized carbons (Fsp3) is 0.353. The van der Waals surface area contributed by atoms with E-state index in [4.69, 9.17) is 19.5 Å². The zero-order valence-electron chi connectivity index (χ0n) is 14.2. The Morgan fingerprint density at radius 1 is 1.40 bits per heavy atom. The molecular formula is C17H19N3O5. The number of nitriles is 1. The van der Waals surface area contributed by atoms with Gasteiger partial charge in [-0.2, -0.15) is 5.26 Å². The van der Waals surface area contributed by atoms with Gasteiger partial charge >= 0.3 is 12.0 Å². The van der Waals surface area contributed by atoms with Gasteiger partial charge < -0.3 is 24.8 Å². The second-order valence-electron chi connectivity index (χ2n) is 5.12. The van der Waals surface area contributed by atoms with Crippen molar-refractivity contribution in [1.29, 1.82) is 5.26 Å². The number of methoxy groups -OCH3 is 1. The topological polar surface area (TPSA) is 110 Å². The van der Waals surface area contributed by atoms with Crippen molar-refractivity contribution in [2.24, 2.45) is 0 Å². The summed E-state index contributed by atoms with van der Waals surface area (Å²) >= 11 is 0. The minimum atomic E-state index is -0.795.